The van der Waals surface area contributed by atoms with Crippen molar-refractivity contribution in [2.24, 2.45) is 5.92 Å². The van der Waals surface area contributed by atoms with Crippen LogP contribution in [0.3, 0.4) is 0 Å². The Morgan fingerprint density at radius 1 is 1.06 bits per heavy atom. The number of nitrogens with zero attached hydrogens (tertiary/aromatic N) is 2. The molecule has 1 heterocycles. The van der Waals surface area contributed by atoms with Gasteiger partial charge in [0.05, 0.1) is 0 Å². The van der Waals surface area contributed by atoms with Crippen LogP contribution in [0.4, 0.5) is 0 Å². The summed E-state index contributed by atoms with van der Waals surface area (Å²) in [6.07, 6.45) is 2.62. The predicted octanol–water partition coefficient (Wildman–Crippen LogP) is 1.65. The maximum Gasteiger partial charge on any atom is 0.0221 e. The zero-order valence-electron chi connectivity index (χ0n) is 12.2. The lowest BCUT2D eigenvalue weighted by Crippen LogP contribution is -2.52. The van der Waals surface area contributed by atoms with Gasteiger partial charge in [0.2, 0.25) is 0 Å². The average molecular weight is 241 g/mol. The van der Waals surface area contributed by atoms with Crippen LogP contribution >= 0.6 is 0 Å². The summed E-state index contributed by atoms with van der Waals surface area (Å²) in [4.78, 5) is 5.11. The molecule has 17 heavy (non-hydrogen) atoms. The van der Waals surface area contributed by atoms with Crippen LogP contribution < -0.4 is 5.32 Å². The van der Waals surface area contributed by atoms with Crippen molar-refractivity contribution in [3.63, 3.8) is 0 Å². The molecule has 0 aliphatic carbocycles. The molecule has 1 fully saturated rings. The van der Waals surface area contributed by atoms with Crippen LogP contribution in [0, 0.1) is 5.92 Å². The van der Waals surface area contributed by atoms with Crippen LogP contribution in [0.1, 0.15) is 33.6 Å². The Morgan fingerprint density at radius 2 is 1.71 bits per heavy atom. The molecule has 1 saturated heterocycles. The topological polar surface area (TPSA) is 18.5 Å². The number of likely N-dealkylation sites (N-methyl/N-ethyl adjacent to an activating group) is 1. The minimum absolute atomic E-state index is 0.743. The Balaban J connectivity index is 2.31. The Bertz CT molecular complexity index is 186. The molecule has 3 heteroatoms. The molecule has 0 radical (unpaired) electrons. The normalized spacial score (nSPS) is 21.0. The maximum atomic E-state index is 3.62. The highest BCUT2D eigenvalue weighted by molar-refractivity contribution is 4.79. The van der Waals surface area contributed by atoms with Gasteiger partial charge in [-0.15, -0.1) is 0 Å². The fourth-order valence-corrected chi connectivity index (χ4v) is 2.47. The third-order valence-electron chi connectivity index (χ3n) is 3.61. The van der Waals surface area contributed by atoms with Gasteiger partial charge < -0.3 is 10.2 Å². The lowest BCUT2D eigenvalue weighted by molar-refractivity contribution is 0.105. The number of hydrogen-bond donors (Lipinski definition) is 1. The van der Waals surface area contributed by atoms with Gasteiger partial charge in [-0.2, -0.15) is 0 Å². The summed E-state index contributed by atoms with van der Waals surface area (Å²) < 4.78 is 0. The van der Waals surface area contributed by atoms with Gasteiger partial charge in [0.15, 0.2) is 0 Å². The van der Waals surface area contributed by atoms with Crippen molar-refractivity contribution in [2.75, 3.05) is 46.3 Å². The van der Waals surface area contributed by atoms with Crippen molar-refractivity contribution in [3.05, 3.63) is 0 Å². The van der Waals surface area contributed by atoms with E-state index < -0.39 is 0 Å². The second kappa shape index (κ2) is 8.06. The predicted molar refractivity (Wildman–Crippen MR) is 75.5 cm³/mol. The van der Waals surface area contributed by atoms with Crippen LogP contribution in [0.2, 0.25) is 0 Å². The molecule has 102 valence electrons. The number of piperazine rings is 1. The van der Waals surface area contributed by atoms with E-state index in [1.54, 1.807) is 0 Å². The molecular formula is C14H31N3. The molecular weight excluding hydrogens is 210 g/mol. The van der Waals surface area contributed by atoms with E-state index in [0.29, 0.717) is 0 Å². The zero-order valence-corrected chi connectivity index (χ0v) is 12.2. The standard InChI is InChI=1S/C14H31N3/c1-5-6-14(12-15-11-13(2)3)17-9-7-16(4)8-10-17/h13-15H,5-12H2,1-4H3. The van der Waals surface area contributed by atoms with E-state index in [4.69, 9.17) is 0 Å². The second-order valence-corrected chi connectivity index (χ2v) is 5.83. The molecule has 0 spiro atoms. The molecule has 1 rings (SSSR count). The third-order valence-corrected chi connectivity index (χ3v) is 3.61. The lowest BCUT2D eigenvalue weighted by Gasteiger charge is -2.38. The van der Waals surface area contributed by atoms with Gasteiger partial charge in [-0.3, -0.25) is 4.90 Å². The molecule has 1 unspecified atom stereocenters. The van der Waals surface area contributed by atoms with Crippen molar-refractivity contribution >= 4 is 0 Å². The molecule has 1 atom stereocenters. The van der Waals surface area contributed by atoms with Gasteiger partial charge in [-0.05, 0) is 25.9 Å². The molecule has 1 aliphatic rings. The first-order valence-corrected chi connectivity index (χ1v) is 7.26. The van der Waals surface area contributed by atoms with Crippen molar-refractivity contribution in [2.45, 2.75) is 39.7 Å². The first-order chi connectivity index (χ1) is 8.13. The number of hydrogen-bond acceptors (Lipinski definition) is 3. The summed E-state index contributed by atoms with van der Waals surface area (Å²) in [5, 5.41) is 3.62. The van der Waals surface area contributed by atoms with Crippen LogP contribution in [0.15, 0.2) is 0 Å². The zero-order chi connectivity index (χ0) is 12.7. The highest BCUT2D eigenvalue weighted by Crippen LogP contribution is 2.10. The highest BCUT2D eigenvalue weighted by atomic mass is 15.3. The summed E-state index contributed by atoms with van der Waals surface area (Å²) in [5.74, 6) is 0.754. The van der Waals surface area contributed by atoms with Crippen LogP contribution in [-0.4, -0.2) is 62.2 Å². The first-order valence-electron chi connectivity index (χ1n) is 7.26. The Kier molecular flexibility index (Phi) is 7.09. The molecule has 0 amide bonds. The summed E-state index contributed by atoms with van der Waals surface area (Å²) >= 11 is 0. The average Bonchev–Trinajstić information content (AvgIpc) is 2.29. The highest BCUT2D eigenvalue weighted by Gasteiger charge is 2.21. The molecule has 0 aromatic carbocycles. The van der Waals surface area contributed by atoms with Gasteiger partial charge >= 0.3 is 0 Å². The summed E-state index contributed by atoms with van der Waals surface area (Å²) in [5.41, 5.74) is 0. The molecule has 0 bridgehead atoms. The Morgan fingerprint density at radius 3 is 2.24 bits per heavy atom. The van der Waals surface area contributed by atoms with Crippen LogP contribution in [0.25, 0.3) is 0 Å². The van der Waals surface area contributed by atoms with E-state index in [9.17, 15) is 0 Å². The lowest BCUT2D eigenvalue weighted by atomic mass is 10.1. The summed E-state index contributed by atoms with van der Waals surface area (Å²) in [7, 11) is 2.23. The van der Waals surface area contributed by atoms with E-state index in [1.165, 1.54) is 39.0 Å². The van der Waals surface area contributed by atoms with E-state index in [-0.39, 0.29) is 0 Å². The van der Waals surface area contributed by atoms with Crippen LogP contribution in [0.5, 0.6) is 0 Å². The smallest absolute Gasteiger partial charge is 0.0221 e. The van der Waals surface area contributed by atoms with Gasteiger partial charge in [-0.25, -0.2) is 0 Å². The van der Waals surface area contributed by atoms with Gasteiger partial charge in [-0.1, -0.05) is 27.2 Å². The fourth-order valence-electron chi connectivity index (χ4n) is 2.47. The van der Waals surface area contributed by atoms with Gasteiger partial charge in [0, 0.05) is 38.8 Å². The minimum atomic E-state index is 0.743. The van der Waals surface area contributed by atoms with E-state index >= 15 is 0 Å². The molecule has 1 N–H and O–H groups in total. The van der Waals surface area contributed by atoms with E-state index in [0.717, 1.165) is 25.0 Å². The van der Waals surface area contributed by atoms with Crippen molar-refractivity contribution in [1.29, 1.82) is 0 Å². The quantitative estimate of drug-likeness (QED) is 0.731. The molecule has 1 aliphatic heterocycles. The van der Waals surface area contributed by atoms with E-state index in [1.807, 2.05) is 0 Å². The van der Waals surface area contributed by atoms with Crippen molar-refractivity contribution < 1.29 is 0 Å². The SMILES string of the molecule is CCCC(CNCC(C)C)N1CCN(C)CC1. The fraction of sp³-hybridized carbons (Fsp3) is 1.00. The molecule has 0 aromatic heterocycles. The van der Waals surface area contributed by atoms with Gasteiger partial charge in [0.1, 0.15) is 0 Å². The first kappa shape index (κ1) is 14.9. The third kappa shape index (κ3) is 5.84. The molecule has 3 nitrogen and oxygen atoms in total. The summed E-state index contributed by atoms with van der Waals surface area (Å²) in [6, 6.07) is 0.743. The van der Waals surface area contributed by atoms with Gasteiger partial charge in [0.25, 0.3) is 0 Å². The second-order valence-electron chi connectivity index (χ2n) is 5.83. The van der Waals surface area contributed by atoms with Crippen LogP contribution in [-0.2, 0) is 0 Å². The molecule has 0 aromatic rings. The summed E-state index contributed by atoms with van der Waals surface area (Å²) in [6.45, 7) is 14.1. The van der Waals surface area contributed by atoms with Crippen molar-refractivity contribution in [1.82, 2.24) is 15.1 Å². The Labute approximate surface area is 108 Å². The Hall–Kier alpha value is -0.120. The monoisotopic (exact) mass is 241 g/mol. The minimum Gasteiger partial charge on any atom is -0.315 e. The number of rotatable bonds is 7. The molecule has 0 saturated carbocycles. The van der Waals surface area contributed by atoms with Crippen molar-refractivity contribution in [3.8, 4) is 0 Å². The number of nitrogens with one attached hydrogen (secondary N) is 1. The van der Waals surface area contributed by atoms with E-state index in [2.05, 4.69) is 42.9 Å². The maximum absolute atomic E-state index is 3.62. The largest absolute Gasteiger partial charge is 0.315 e.